The maximum atomic E-state index is 12.0. The van der Waals surface area contributed by atoms with E-state index in [0.717, 1.165) is 0 Å². The number of hydrogen-bond acceptors (Lipinski definition) is 4. The third kappa shape index (κ3) is 2.06. The van der Waals surface area contributed by atoms with Crippen LogP contribution in [0, 0.1) is 12.8 Å². The summed E-state index contributed by atoms with van der Waals surface area (Å²) in [6, 6.07) is 0. The van der Waals surface area contributed by atoms with Gasteiger partial charge >= 0.3 is 0 Å². The van der Waals surface area contributed by atoms with Crippen molar-refractivity contribution in [3.8, 4) is 0 Å². The highest BCUT2D eigenvalue weighted by atomic mass is 16.3. The van der Waals surface area contributed by atoms with Gasteiger partial charge in [0, 0.05) is 13.1 Å². The second kappa shape index (κ2) is 4.21. The number of likely N-dealkylation sites (tertiary alicyclic amines) is 1. The molecule has 0 aliphatic carbocycles. The second-order valence-corrected chi connectivity index (χ2v) is 4.33. The first-order valence-electron chi connectivity index (χ1n) is 5.44. The molecule has 0 bridgehead atoms. The summed E-state index contributed by atoms with van der Waals surface area (Å²) in [5, 5.41) is 16.1. The van der Waals surface area contributed by atoms with E-state index in [2.05, 4.69) is 15.2 Å². The Hall–Kier alpha value is -1.43. The molecule has 1 aromatic heterocycles. The lowest BCUT2D eigenvalue weighted by Crippen LogP contribution is -2.45. The molecular formula is C10H16N4O2. The van der Waals surface area contributed by atoms with Gasteiger partial charge in [-0.3, -0.25) is 9.89 Å². The topological polar surface area (TPSA) is 82.1 Å². The highest BCUT2D eigenvalue weighted by molar-refractivity contribution is 5.90. The molecule has 1 aliphatic rings. The van der Waals surface area contributed by atoms with Crippen molar-refractivity contribution >= 4 is 5.91 Å². The number of aryl methyl sites for hydroxylation is 1. The van der Waals surface area contributed by atoms with Crippen molar-refractivity contribution in [2.45, 2.75) is 26.4 Å². The Balaban J connectivity index is 2.06. The number of H-pyrrole nitrogens is 1. The Morgan fingerprint density at radius 2 is 2.38 bits per heavy atom. The Kier molecular flexibility index (Phi) is 2.91. The molecule has 2 atom stereocenters. The van der Waals surface area contributed by atoms with Crippen molar-refractivity contribution < 1.29 is 9.90 Å². The van der Waals surface area contributed by atoms with Crippen LogP contribution < -0.4 is 0 Å². The number of carbonyl (C=O) groups is 1. The van der Waals surface area contributed by atoms with Gasteiger partial charge in [-0.1, -0.05) is 6.92 Å². The van der Waals surface area contributed by atoms with E-state index in [1.54, 1.807) is 11.8 Å². The van der Waals surface area contributed by atoms with Gasteiger partial charge in [0.2, 0.25) is 5.82 Å². The van der Waals surface area contributed by atoms with Crippen LogP contribution in [0.1, 0.15) is 29.8 Å². The number of aliphatic hydroxyl groups is 1. The van der Waals surface area contributed by atoms with E-state index in [-0.39, 0.29) is 23.8 Å². The van der Waals surface area contributed by atoms with Crippen molar-refractivity contribution in [3.63, 3.8) is 0 Å². The first-order valence-corrected chi connectivity index (χ1v) is 5.44. The SMILES string of the molecule is Cc1nc(C(=O)N2CCC(O)C(C)C2)n[nH]1. The molecule has 2 N–H and O–H groups in total. The smallest absolute Gasteiger partial charge is 0.293 e. The van der Waals surface area contributed by atoms with Crippen LogP contribution in [0.2, 0.25) is 0 Å². The molecule has 1 fully saturated rings. The van der Waals surface area contributed by atoms with Gasteiger partial charge in [0.1, 0.15) is 5.82 Å². The van der Waals surface area contributed by atoms with Crippen LogP contribution in [0.15, 0.2) is 0 Å². The number of amides is 1. The van der Waals surface area contributed by atoms with E-state index in [1.807, 2.05) is 6.92 Å². The van der Waals surface area contributed by atoms with Gasteiger partial charge in [-0.15, -0.1) is 5.10 Å². The number of nitrogens with one attached hydrogen (secondary N) is 1. The number of aliphatic hydroxyl groups excluding tert-OH is 1. The van der Waals surface area contributed by atoms with Crippen molar-refractivity contribution in [1.82, 2.24) is 20.1 Å². The molecule has 2 heterocycles. The Morgan fingerprint density at radius 3 is 2.94 bits per heavy atom. The lowest BCUT2D eigenvalue weighted by atomic mass is 9.97. The number of piperidine rings is 1. The average molecular weight is 224 g/mol. The highest BCUT2D eigenvalue weighted by Crippen LogP contribution is 2.17. The maximum absolute atomic E-state index is 12.0. The highest BCUT2D eigenvalue weighted by Gasteiger charge is 2.29. The molecule has 2 unspecified atom stereocenters. The summed E-state index contributed by atoms with van der Waals surface area (Å²) in [6.07, 6.45) is 0.314. The van der Waals surface area contributed by atoms with E-state index in [1.165, 1.54) is 0 Å². The van der Waals surface area contributed by atoms with E-state index in [9.17, 15) is 9.90 Å². The summed E-state index contributed by atoms with van der Waals surface area (Å²) in [4.78, 5) is 17.7. The largest absolute Gasteiger partial charge is 0.393 e. The van der Waals surface area contributed by atoms with Crippen molar-refractivity contribution in [2.24, 2.45) is 5.92 Å². The van der Waals surface area contributed by atoms with Gasteiger partial charge in [-0.25, -0.2) is 4.98 Å². The third-order valence-electron chi connectivity index (χ3n) is 2.94. The van der Waals surface area contributed by atoms with E-state index >= 15 is 0 Å². The summed E-state index contributed by atoms with van der Waals surface area (Å²) in [5.74, 6) is 0.787. The van der Waals surface area contributed by atoms with Gasteiger partial charge in [0.25, 0.3) is 5.91 Å². The zero-order valence-corrected chi connectivity index (χ0v) is 9.47. The molecule has 1 aromatic rings. The number of carbonyl (C=O) groups excluding carboxylic acids is 1. The molecule has 0 spiro atoms. The minimum atomic E-state index is -0.307. The normalized spacial score (nSPS) is 25.8. The molecule has 1 saturated heterocycles. The van der Waals surface area contributed by atoms with Crippen molar-refractivity contribution in [1.29, 1.82) is 0 Å². The number of aromatic amines is 1. The van der Waals surface area contributed by atoms with Crippen LogP contribution in [0.25, 0.3) is 0 Å². The first-order chi connectivity index (χ1) is 7.58. The van der Waals surface area contributed by atoms with E-state index in [4.69, 9.17) is 0 Å². The quantitative estimate of drug-likeness (QED) is 0.701. The van der Waals surface area contributed by atoms with Crippen LogP contribution in [0.4, 0.5) is 0 Å². The third-order valence-corrected chi connectivity index (χ3v) is 2.94. The average Bonchev–Trinajstić information content (AvgIpc) is 2.68. The lowest BCUT2D eigenvalue weighted by molar-refractivity contribution is 0.0290. The predicted molar refractivity (Wildman–Crippen MR) is 56.8 cm³/mol. The molecule has 6 nitrogen and oxygen atoms in total. The number of nitrogens with zero attached hydrogens (tertiary/aromatic N) is 3. The standard InChI is InChI=1S/C10H16N4O2/c1-6-5-14(4-3-8(6)15)10(16)9-11-7(2)12-13-9/h6,8,15H,3-5H2,1-2H3,(H,11,12,13). The molecule has 88 valence electrons. The van der Waals surface area contributed by atoms with Gasteiger partial charge < -0.3 is 10.0 Å². The molecule has 1 aliphatic heterocycles. The number of hydrogen-bond donors (Lipinski definition) is 2. The monoisotopic (exact) mass is 224 g/mol. The fourth-order valence-corrected chi connectivity index (χ4v) is 1.90. The van der Waals surface area contributed by atoms with Crippen LogP contribution in [0.5, 0.6) is 0 Å². The number of aromatic nitrogens is 3. The predicted octanol–water partition coefficient (Wildman–Crippen LogP) is -0.0440. The van der Waals surface area contributed by atoms with Crippen LogP contribution in [-0.2, 0) is 0 Å². The molecule has 16 heavy (non-hydrogen) atoms. The Labute approximate surface area is 93.7 Å². The summed E-state index contributed by atoms with van der Waals surface area (Å²) >= 11 is 0. The Bertz CT molecular complexity index is 390. The van der Waals surface area contributed by atoms with E-state index < -0.39 is 0 Å². The zero-order chi connectivity index (χ0) is 11.7. The lowest BCUT2D eigenvalue weighted by Gasteiger charge is -2.33. The molecule has 0 saturated carbocycles. The van der Waals surface area contributed by atoms with Crippen LogP contribution >= 0.6 is 0 Å². The van der Waals surface area contributed by atoms with Gasteiger partial charge in [-0.05, 0) is 19.3 Å². The summed E-state index contributed by atoms with van der Waals surface area (Å²) in [7, 11) is 0. The minimum Gasteiger partial charge on any atom is -0.393 e. The fourth-order valence-electron chi connectivity index (χ4n) is 1.90. The van der Waals surface area contributed by atoms with E-state index in [0.29, 0.717) is 25.3 Å². The molecule has 2 rings (SSSR count). The zero-order valence-electron chi connectivity index (χ0n) is 9.47. The van der Waals surface area contributed by atoms with Crippen LogP contribution in [0.3, 0.4) is 0 Å². The number of rotatable bonds is 1. The van der Waals surface area contributed by atoms with Gasteiger partial charge in [0.05, 0.1) is 6.10 Å². The summed E-state index contributed by atoms with van der Waals surface area (Å²) < 4.78 is 0. The molecule has 6 heteroatoms. The first kappa shape index (κ1) is 11.1. The summed E-state index contributed by atoms with van der Waals surface area (Å²) in [5.41, 5.74) is 0. The Morgan fingerprint density at radius 1 is 1.62 bits per heavy atom. The van der Waals surface area contributed by atoms with Crippen LogP contribution in [-0.4, -0.2) is 50.3 Å². The maximum Gasteiger partial charge on any atom is 0.293 e. The van der Waals surface area contributed by atoms with Gasteiger partial charge in [0.15, 0.2) is 0 Å². The molecule has 1 amide bonds. The molecule has 0 radical (unpaired) electrons. The fraction of sp³-hybridized carbons (Fsp3) is 0.700. The van der Waals surface area contributed by atoms with Crippen molar-refractivity contribution in [3.05, 3.63) is 11.6 Å². The molecule has 0 aromatic carbocycles. The van der Waals surface area contributed by atoms with Gasteiger partial charge in [-0.2, -0.15) is 0 Å². The summed E-state index contributed by atoms with van der Waals surface area (Å²) in [6.45, 7) is 4.82. The van der Waals surface area contributed by atoms with Crippen molar-refractivity contribution in [2.75, 3.05) is 13.1 Å². The minimum absolute atomic E-state index is 0.109. The molecular weight excluding hydrogens is 208 g/mol. The second-order valence-electron chi connectivity index (χ2n) is 4.33.